The number of aliphatic imine (C=N–C) groups is 1. The molecule has 5 rings (SSSR count). The molecule has 9 nitrogen and oxygen atoms in total. The van der Waals surface area contributed by atoms with E-state index in [0.29, 0.717) is 5.82 Å². The zero-order valence-electron chi connectivity index (χ0n) is 21.8. The van der Waals surface area contributed by atoms with Crippen molar-refractivity contribution in [1.82, 2.24) is 14.8 Å². The number of aryl methyl sites for hydroxylation is 2. The Morgan fingerprint density at radius 2 is 1.78 bits per heavy atom. The number of methoxy groups -OCH3 is 1. The number of carbonyl (C=O) groups is 2. The van der Waals surface area contributed by atoms with Crippen LogP contribution in [0.4, 0.5) is 5.69 Å². The Kier molecular flexibility index (Phi) is 6.85. The second kappa shape index (κ2) is 10.1. The average Bonchev–Trinajstić information content (AvgIpc) is 3.36. The van der Waals surface area contributed by atoms with E-state index in [1.54, 1.807) is 11.3 Å². The normalized spacial score (nSPS) is 17.5. The van der Waals surface area contributed by atoms with Gasteiger partial charge >= 0.3 is 11.9 Å². The van der Waals surface area contributed by atoms with Crippen molar-refractivity contribution in [3.8, 4) is 5.00 Å². The van der Waals surface area contributed by atoms with Gasteiger partial charge in [-0.05, 0) is 38.5 Å². The van der Waals surface area contributed by atoms with E-state index in [1.807, 2.05) is 11.5 Å². The van der Waals surface area contributed by atoms with Crippen LogP contribution < -0.4 is 4.90 Å². The summed E-state index contributed by atoms with van der Waals surface area (Å²) in [6.07, 6.45) is 1.71. The molecule has 0 unspecified atom stereocenters. The predicted molar refractivity (Wildman–Crippen MR) is 142 cm³/mol. The third-order valence-electron chi connectivity index (χ3n) is 7.11. The Labute approximate surface area is 220 Å². The molecule has 0 saturated carbocycles. The number of hydrogen-bond acceptors (Lipinski definition) is 9. The maximum atomic E-state index is 12.3. The van der Waals surface area contributed by atoms with Gasteiger partial charge in [0.1, 0.15) is 23.0 Å². The molecule has 2 aliphatic heterocycles. The number of anilines is 1. The minimum absolute atomic E-state index is 0.00676. The highest BCUT2D eigenvalue weighted by molar-refractivity contribution is 7.15. The van der Waals surface area contributed by atoms with Crippen LogP contribution in [0.2, 0.25) is 0 Å². The molecule has 0 bridgehead atoms. The van der Waals surface area contributed by atoms with Crippen molar-refractivity contribution in [2.45, 2.75) is 59.1 Å². The molecule has 1 fully saturated rings. The molecule has 0 aliphatic carbocycles. The van der Waals surface area contributed by atoms with Crippen molar-refractivity contribution < 1.29 is 19.1 Å². The predicted octanol–water partition coefficient (Wildman–Crippen LogP) is 4.24. The van der Waals surface area contributed by atoms with Crippen molar-refractivity contribution in [3.05, 3.63) is 57.5 Å². The molecule has 3 aromatic rings. The van der Waals surface area contributed by atoms with E-state index < -0.39 is 6.04 Å². The third kappa shape index (κ3) is 4.77. The van der Waals surface area contributed by atoms with Crippen molar-refractivity contribution >= 4 is 34.7 Å². The van der Waals surface area contributed by atoms with E-state index in [0.717, 1.165) is 64.8 Å². The van der Waals surface area contributed by atoms with Crippen LogP contribution in [0, 0.1) is 20.8 Å². The summed E-state index contributed by atoms with van der Waals surface area (Å²) in [6.45, 7) is 9.27. The summed E-state index contributed by atoms with van der Waals surface area (Å²) in [5.74, 6) is 0.846. The highest BCUT2D eigenvalue weighted by Crippen LogP contribution is 2.39. The van der Waals surface area contributed by atoms with Gasteiger partial charge in [-0.25, -0.2) is 0 Å². The van der Waals surface area contributed by atoms with E-state index in [2.05, 4.69) is 53.2 Å². The number of carbonyl (C=O) groups excluding carboxylic acids is 2. The molecule has 0 radical (unpaired) electrons. The lowest BCUT2D eigenvalue weighted by molar-refractivity contribution is -0.147. The van der Waals surface area contributed by atoms with Crippen LogP contribution in [-0.2, 0) is 19.1 Å². The van der Waals surface area contributed by atoms with Crippen LogP contribution in [0.15, 0.2) is 29.3 Å². The molecule has 1 aromatic carbocycles. The lowest BCUT2D eigenvalue weighted by atomic mass is 9.99. The second-order valence-electron chi connectivity index (χ2n) is 9.52. The van der Waals surface area contributed by atoms with Gasteiger partial charge in [0.15, 0.2) is 5.82 Å². The largest absolute Gasteiger partial charge is 0.469 e. The lowest BCUT2D eigenvalue weighted by Crippen LogP contribution is -2.37. The van der Waals surface area contributed by atoms with E-state index in [9.17, 15) is 9.59 Å². The molecule has 10 heteroatoms. The fourth-order valence-electron chi connectivity index (χ4n) is 5.06. The fourth-order valence-corrected chi connectivity index (χ4v) is 6.28. The Morgan fingerprint density at radius 3 is 2.43 bits per heavy atom. The summed E-state index contributed by atoms with van der Waals surface area (Å²) < 4.78 is 12.4. The maximum absolute atomic E-state index is 12.3. The molecule has 194 valence electrons. The molecule has 4 heterocycles. The van der Waals surface area contributed by atoms with Crippen molar-refractivity contribution in [2.24, 2.45) is 4.99 Å². The number of piperidine rings is 1. The average molecular weight is 522 g/mol. The van der Waals surface area contributed by atoms with Gasteiger partial charge in [0.2, 0.25) is 0 Å². The Bertz CT molecular complexity index is 1370. The molecule has 37 heavy (non-hydrogen) atoms. The first-order valence-corrected chi connectivity index (χ1v) is 13.3. The molecule has 0 amide bonds. The summed E-state index contributed by atoms with van der Waals surface area (Å²) in [6, 6.07) is 7.91. The first-order valence-electron chi connectivity index (χ1n) is 12.5. The van der Waals surface area contributed by atoms with Gasteiger partial charge in [-0.3, -0.25) is 19.1 Å². The smallest absolute Gasteiger partial charge is 0.308 e. The number of hydrogen-bond donors (Lipinski definition) is 0. The lowest BCUT2D eigenvalue weighted by Gasteiger charge is -2.33. The van der Waals surface area contributed by atoms with E-state index in [-0.39, 0.29) is 24.5 Å². The van der Waals surface area contributed by atoms with Gasteiger partial charge in [-0.15, -0.1) is 21.5 Å². The van der Waals surface area contributed by atoms with Gasteiger partial charge in [0, 0.05) is 54.5 Å². The number of nitrogens with zero attached hydrogens (tertiary/aromatic N) is 5. The molecule has 0 N–H and O–H groups in total. The van der Waals surface area contributed by atoms with Crippen LogP contribution >= 0.6 is 11.3 Å². The fraction of sp³-hybridized carbons (Fsp3) is 0.444. The molecule has 2 aromatic heterocycles. The van der Waals surface area contributed by atoms with Crippen LogP contribution in [0.5, 0.6) is 0 Å². The Morgan fingerprint density at radius 1 is 1.08 bits per heavy atom. The van der Waals surface area contributed by atoms with E-state index >= 15 is 0 Å². The molecule has 1 atom stereocenters. The van der Waals surface area contributed by atoms with Gasteiger partial charge in [0.25, 0.3) is 0 Å². The number of aromatic nitrogens is 3. The molecule has 1 saturated heterocycles. The minimum Gasteiger partial charge on any atom is -0.469 e. The quantitative estimate of drug-likeness (QED) is 0.463. The summed E-state index contributed by atoms with van der Waals surface area (Å²) in [4.78, 5) is 32.2. The number of ether oxygens (including phenoxy) is 2. The SMILES string of the molecule is COC(=O)C[C@@H]1N=C(c2ccc(N3CCC(OC(C)=O)CC3)cc2)c2c(sc(C)c2C)-n2c(C)nnc21. The van der Waals surface area contributed by atoms with E-state index in [1.165, 1.54) is 18.9 Å². The summed E-state index contributed by atoms with van der Waals surface area (Å²) in [5.41, 5.74) is 5.15. The van der Waals surface area contributed by atoms with Crippen LogP contribution in [0.3, 0.4) is 0 Å². The number of thiophene rings is 1. The van der Waals surface area contributed by atoms with Crippen LogP contribution in [0.25, 0.3) is 5.00 Å². The summed E-state index contributed by atoms with van der Waals surface area (Å²) >= 11 is 1.69. The molecule has 0 spiro atoms. The number of rotatable bonds is 5. The van der Waals surface area contributed by atoms with Crippen LogP contribution in [0.1, 0.15) is 65.4 Å². The van der Waals surface area contributed by atoms with E-state index in [4.69, 9.17) is 14.5 Å². The van der Waals surface area contributed by atoms with Crippen molar-refractivity contribution in [3.63, 3.8) is 0 Å². The number of fused-ring (bicyclic) bond motifs is 3. The Balaban J connectivity index is 1.51. The standard InChI is InChI=1S/C27H31N5O4S/c1-15-16(2)37-27-24(15)25(28-22(14-23(34)35-5)26-30-29-17(3)32(26)27)19-6-8-20(9-7-19)31-12-10-21(11-13-31)36-18(4)33/h6-9,21-22H,10-14H2,1-5H3/t22-/m0/s1. The van der Waals surface area contributed by atoms with Gasteiger partial charge in [-0.2, -0.15) is 0 Å². The minimum atomic E-state index is -0.511. The van der Waals surface area contributed by atoms with Gasteiger partial charge < -0.3 is 14.4 Å². The zero-order valence-corrected chi connectivity index (χ0v) is 22.6. The molecular weight excluding hydrogens is 490 g/mol. The molecular formula is C27H31N5O4S. The van der Waals surface area contributed by atoms with Crippen molar-refractivity contribution in [1.29, 1.82) is 0 Å². The van der Waals surface area contributed by atoms with Gasteiger partial charge in [-0.1, -0.05) is 12.1 Å². The highest BCUT2D eigenvalue weighted by Gasteiger charge is 2.32. The zero-order chi connectivity index (χ0) is 26.3. The number of benzene rings is 1. The summed E-state index contributed by atoms with van der Waals surface area (Å²) in [5, 5.41) is 9.75. The monoisotopic (exact) mass is 521 g/mol. The molecule has 2 aliphatic rings. The second-order valence-corrected chi connectivity index (χ2v) is 10.7. The van der Waals surface area contributed by atoms with Crippen molar-refractivity contribution in [2.75, 3.05) is 25.1 Å². The third-order valence-corrected chi connectivity index (χ3v) is 8.30. The van der Waals surface area contributed by atoms with Crippen LogP contribution in [-0.4, -0.2) is 58.7 Å². The topological polar surface area (TPSA) is 98.9 Å². The van der Waals surface area contributed by atoms with Gasteiger partial charge in [0.05, 0.1) is 19.2 Å². The highest BCUT2D eigenvalue weighted by atomic mass is 32.1. The summed E-state index contributed by atoms with van der Waals surface area (Å²) in [7, 11) is 1.39. The first-order chi connectivity index (χ1) is 17.8. The maximum Gasteiger partial charge on any atom is 0.308 e. The number of esters is 2. The Hall–Kier alpha value is -3.53. The first kappa shape index (κ1) is 25.1.